The van der Waals surface area contributed by atoms with E-state index < -0.39 is 12.1 Å². The van der Waals surface area contributed by atoms with Crippen molar-refractivity contribution in [2.45, 2.75) is 19.1 Å². The molecule has 3 rings (SSSR count). The van der Waals surface area contributed by atoms with Gasteiger partial charge in [0, 0.05) is 6.08 Å². The van der Waals surface area contributed by atoms with Gasteiger partial charge in [0.2, 0.25) is 0 Å². The van der Waals surface area contributed by atoms with Crippen molar-refractivity contribution in [2.75, 3.05) is 7.11 Å². The highest BCUT2D eigenvalue weighted by atomic mass is 16.5. The molecule has 0 aliphatic heterocycles. The van der Waals surface area contributed by atoms with Crippen LogP contribution in [0.4, 0.5) is 0 Å². The van der Waals surface area contributed by atoms with Crippen molar-refractivity contribution in [3.63, 3.8) is 0 Å². The molecule has 31 heavy (non-hydrogen) atoms. The van der Waals surface area contributed by atoms with E-state index >= 15 is 0 Å². The summed E-state index contributed by atoms with van der Waals surface area (Å²) in [6.45, 7) is 1.56. The van der Waals surface area contributed by atoms with Gasteiger partial charge in [0.05, 0.1) is 13.2 Å². The Hall–Kier alpha value is -3.86. The predicted molar refractivity (Wildman–Crippen MR) is 120 cm³/mol. The number of nitrogens with one attached hydrogen (secondary N) is 1. The predicted octanol–water partition coefficient (Wildman–Crippen LogP) is 4.55. The second-order valence-corrected chi connectivity index (χ2v) is 6.95. The molecule has 0 heterocycles. The minimum absolute atomic E-state index is 0.342. The fourth-order valence-corrected chi connectivity index (χ4v) is 3.06. The highest BCUT2D eigenvalue weighted by molar-refractivity contribution is 5.90. The molecular formula is C26H25NO4. The summed E-state index contributed by atoms with van der Waals surface area (Å²) in [5.41, 5.74) is 2.71. The topological polar surface area (TPSA) is 64.6 Å². The molecule has 5 nitrogen and oxygen atoms in total. The molecule has 3 aromatic rings. The van der Waals surface area contributed by atoms with E-state index in [1.54, 1.807) is 32.2 Å². The molecule has 0 radical (unpaired) electrons. The lowest BCUT2D eigenvalue weighted by atomic mass is 9.98. The molecule has 3 aromatic carbocycles. The van der Waals surface area contributed by atoms with Gasteiger partial charge in [0.25, 0.3) is 5.91 Å². The first-order valence-corrected chi connectivity index (χ1v) is 10.00. The van der Waals surface area contributed by atoms with Crippen molar-refractivity contribution >= 4 is 18.0 Å². The molecule has 0 saturated heterocycles. The van der Waals surface area contributed by atoms with Crippen LogP contribution in [0.5, 0.6) is 5.75 Å². The van der Waals surface area contributed by atoms with E-state index in [4.69, 9.17) is 9.47 Å². The smallest absolute Gasteiger partial charge is 0.331 e. The molecule has 0 fully saturated rings. The molecule has 0 aliphatic rings. The van der Waals surface area contributed by atoms with Crippen LogP contribution in [0.25, 0.3) is 6.08 Å². The first kappa shape index (κ1) is 21.8. The van der Waals surface area contributed by atoms with Gasteiger partial charge in [-0.05, 0) is 41.8 Å². The van der Waals surface area contributed by atoms with Crippen LogP contribution in [0.15, 0.2) is 91.0 Å². The van der Waals surface area contributed by atoms with Gasteiger partial charge in [-0.25, -0.2) is 4.79 Å². The van der Waals surface area contributed by atoms with Crippen LogP contribution in [-0.2, 0) is 14.3 Å². The molecule has 1 N–H and O–H groups in total. The third-order valence-corrected chi connectivity index (χ3v) is 4.74. The van der Waals surface area contributed by atoms with E-state index in [0.717, 1.165) is 22.4 Å². The number of methoxy groups -OCH3 is 1. The summed E-state index contributed by atoms with van der Waals surface area (Å²) < 4.78 is 10.4. The number of hydrogen-bond donors (Lipinski definition) is 1. The standard InChI is InChI=1S/C26H25NO4/c1-19(31-24(28)18-15-20-13-16-23(30-2)17-14-20)26(29)27-25(21-9-5-3-6-10-21)22-11-7-4-8-12-22/h3-19,25H,1-2H3,(H,27,29)/b18-15+/t19-/m1/s1. The van der Waals surface area contributed by atoms with Crippen molar-refractivity contribution < 1.29 is 19.1 Å². The summed E-state index contributed by atoms with van der Waals surface area (Å²) in [5.74, 6) is -0.227. The Morgan fingerprint density at radius 1 is 0.839 bits per heavy atom. The molecule has 0 aromatic heterocycles. The Labute approximate surface area is 182 Å². The maximum atomic E-state index is 12.8. The van der Waals surface area contributed by atoms with Gasteiger partial charge in [-0.15, -0.1) is 0 Å². The molecule has 0 aliphatic carbocycles. The largest absolute Gasteiger partial charge is 0.497 e. The van der Waals surface area contributed by atoms with Crippen LogP contribution < -0.4 is 10.1 Å². The van der Waals surface area contributed by atoms with Crippen LogP contribution >= 0.6 is 0 Å². The number of carbonyl (C=O) groups excluding carboxylic acids is 2. The highest BCUT2D eigenvalue weighted by Crippen LogP contribution is 2.22. The van der Waals surface area contributed by atoms with Crippen molar-refractivity contribution in [1.82, 2.24) is 5.32 Å². The summed E-state index contributed by atoms with van der Waals surface area (Å²) in [7, 11) is 1.59. The third-order valence-electron chi connectivity index (χ3n) is 4.74. The van der Waals surface area contributed by atoms with E-state index in [9.17, 15) is 9.59 Å². The van der Waals surface area contributed by atoms with Gasteiger partial charge in [-0.3, -0.25) is 4.79 Å². The van der Waals surface area contributed by atoms with Gasteiger partial charge < -0.3 is 14.8 Å². The van der Waals surface area contributed by atoms with Crippen LogP contribution in [-0.4, -0.2) is 25.1 Å². The van der Waals surface area contributed by atoms with E-state index in [1.165, 1.54) is 6.08 Å². The number of ether oxygens (including phenoxy) is 2. The minimum Gasteiger partial charge on any atom is -0.497 e. The number of rotatable bonds is 8. The Bertz CT molecular complexity index is 975. The van der Waals surface area contributed by atoms with Gasteiger partial charge in [0.1, 0.15) is 5.75 Å². The number of benzene rings is 3. The zero-order valence-corrected chi connectivity index (χ0v) is 17.5. The van der Waals surface area contributed by atoms with Gasteiger partial charge in [0.15, 0.2) is 6.10 Å². The van der Waals surface area contributed by atoms with E-state index in [-0.39, 0.29) is 11.9 Å². The Kier molecular flexibility index (Phi) is 7.60. The summed E-state index contributed by atoms with van der Waals surface area (Å²) in [4.78, 5) is 24.9. The quantitative estimate of drug-likeness (QED) is 0.433. The summed E-state index contributed by atoms with van der Waals surface area (Å²) in [5, 5.41) is 2.99. The second kappa shape index (κ2) is 10.8. The van der Waals surface area contributed by atoms with E-state index in [1.807, 2.05) is 72.8 Å². The molecule has 0 bridgehead atoms. The van der Waals surface area contributed by atoms with Gasteiger partial charge in [-0.2, -0.15) is 0 Å². The lowest BCUT2D eigenvalue weighted by molar-refractivity contribution is -0.150. The number of carbonyl (C=O) groups is 2. The van der Waals surface area contributed by atoms with Gasteiger partial charge in [-0.1, -0.05) is 72.8 Å². The fraction of sp³-hybridized carbons (Fsp3) is 0.154. The number of hydrogen-bond acceptors (Lipinski definition) is 4. The number of amides is 1. The summed E-state index contributed by atoms with van der Waals surface area (Å²) in [6.07, 6.45) is 1.99. The molecule has 5 heteroatoms. The maximum absolute atomic E-state index is 12.8. The lowest BCUT2D eigenvalue weighted by Crippen LogP contribution is -2.38. The molecular weight excluding hydrogens is 390 g/mol. The zero-order chi connectivity index (χ0) is 22.1. The lowest BCUT2D eigenvalue weighted by Gasteiger charge is -2.22. The Morgan fingerprint density at radius 3 is 1.90 bits per heavy atom. The number of esters is 1. The molecule has 1 atom stereocenters. The molecule has 0 unspecified atom stereocenters. The third kappa shape index (κ3) is 6.31. The van der Waals surface area contributed by atoms with Crippen LogP contribution in [0.1, 0.15) is 29.7 Å². The SMILES string of the molecule is COc1ccc(/C=C/C(=O)O[C@H](C)C(=O)NC(c2ccccc2)c2ccccc2)cc1. The maximum Gasteiger partial charge on any atom is 0.331 e. The average molecular weight is 415 g/mol. The van der Waals surface area contributed by atoms with Crippen molar-refractivity contribution in [3.8, 4) is 5.75 Å². The van der Waals surface area contributed by atoms with Crippen LogP contribution in [0, 0.1) is 0 Å². The fourth-order valence-electron chi connectivity index (χ4n) is 3.06. The normalized spacial score (nSPS) is 11.8. The van der Waals surface area contributed by atoms with Crippen molar-refractivity contribution in [2.24, 2.45) is 0 Å². The Balaban J connectivity index is 1.63. The van der Waals surface area contributed by atoms with E-state index in [2.05, 4.69) is 5.32 Å². The minimum atomic E-state index is -0.942. The van der Waals surface area contributed by atoms with E-state index in [0.29, 0.717) is 0 Å². The van der Waals surface area contributed by atoms with Crippen molar-refractivity contribution in [1.29, 1.82) is 0 Å². The molecule has 0 spiro atoms. The van der Waals surface area contributed by atoms with Crippen molar-refractivity contribution in [3.05, 3.63) is 108 Å². The first-order chi connectivity index (χ1) is 15.1. The average Bonchev–Trinajstić information content (AvgIpc) is 2.82. The monoisotopic (exact) mass is 415 g/mol. The van der Waals surface area contributed by atoms with Gasteiger partial charge >= 0.3 is 5.97 Å². The summed E-state index contributed by atoms with van der Waals surface area (Å²) in [6, 6.07) is 26.2. The zero-order valence-electron chi connectivity index (χ0n) is 17.5. The molecule has 158 valence electrons. The van der Waals surface area contributed by atoms with Crippen LogP contribution in [0.2, 0.25) is 0 Å². The summed E-state index contributed by atoms with van der Waals surface area (Å²) >= 11 is 0. The molecule has 1 amide bonds. The first-order valence-electron chi connectivity index (χ1n) is 10.00. The highest BCUT2D eigenvalue weighted by Gasteiger charge is 2.22. The van der Waals surface area contributed by atoms with Crippen LogP contribution in [0.3, 0.4) is 0 Å². The Morgan fingerprint density at radius 2 is 1.39 bits per heavy atom. The molecule has 0 saturated carbocycles. The second-order valence-electron chi connectivity index (χ2n) is 6.95.